The zero-order valence-corrected chi connectivity index (χ0v) is 17.3. The number of carbonyl (C=O) groups is 1. The standard InChI is InChI=1S/C22H34N6O/c1-27-11-9-19-18(14-27)21(26-24-19)22(29)28-10-5-8-16(13-28)20-17(12-23-25-20)15-6-3-2-4-7-15/h2-4,6-7,16-21,23-26H,5,8-14H2,1H3. The number of rotatable bonds is 3. The number of hydrogen-bond acceptors (Lipinski definition) is 6. The highest BCUT2D eigenvalue weighted by Gasteiger charge is 2.45. The minimum atomic E-state index is -0.0962. The van der Waals surface area contributed by atoms with Crippen LogP contribution in [-0.4, -0.2) is 73.6 Å². The Bertz CT molecular complexity index is 715. The Morgan fingerprint density at radius 3 is 2.76 bits per heavy atom. The molecule has 4 heterocycles. The van der Waals surface area contributed by atoms with Crippen LogP contribution < -0.4 is 21.7 Å². The van der Waals surface area contributed by atoms with Crippen molar-refractivity contribution in [3.63, 3.8) is 0 Å². The number of benzene rings is 1. The zero-order chi connectivity index (χ0) is 19.8. The number of nitrogens with zero attached hydrogens (tertiary/aromatic N) is 2. The fraction of sp³-hybridized carbons (Fsp3) is 0.682. The van der Waals surface area contributed by atoms with Crippen LogP contribution >= 0.6 is 0 Å². The Kier molecular flexibility index (Phi) is 5.58. The van der Waals surface area contributed by atoms with Crippen molar-refractivity contribution in [3.8, 4) is 0 Å². The second kappa shape index (κ2) is 8.32. The molecule has 158 valence electrons. The number of fused-ring (bicyclic) bond motifs is 1. The monoisotopic (exact) mass is 398 g/mol. The molecule has 6 unspecified atom stereocenters. The minimum absolute atomic E-state index is 0.0962. The van der Waals surface area contributed by atoms with Gasteiger partial charge in [0, 0.05) is 50.1 Å². The largest absolute Gasteiger partial charge is 0.341 e. The highest BCUT2D eigenvalue weighted by molar-refractivity contribution is 5.83. The lowest BCUT2D eigenvalue weighted by Crippen LogP contribution is -2.55. The van der Waals surface area contributed by atoms with E-state index < -0.39 is 0 Å². The molecule has 0 aromatic heterocycles. The topological polar surface area (TPSA) is 71.7 Å². The number of piperidine rings is 2. The summed E-state index contributed by atoms with van der Waals surface area (Å²) in [6.45, 7) is 4.78. The molecule has 4 fully saturated rings. The van der Waals surface area contributed by atoms with Crippen LogP contribution in [0.15, 0.2) is 30.3 Å². The van der Waals surface area contributed by atoms with E-state index in [1.54, 1.807) is 0 Å². The SMILES string of the molecule is CN1CCC2NNC(C(=O)N3CCCC(C4NNCC4c4ccccc4)C3)C2C1. The van der Waals surface area contributed by atoms with E-state index in [0.717, 1.165) is 45.6 Å². The number of hydrazine groups is 2. The van der Waals surface area contributed by atoms with Crippen LogP contribution in [0.3, 0.4) is 0 Å². The van der Waals surface area contributed by atoms with E-state index >= 15 is 0 Å². The van der Waals surface area contributed by atoms with Gasteiger partial charge in [-0.2, -0.15) is 0 Å². The smallest absolute Gasteiger partial charge is 0.241 e. The lowest BCUT2D eigenvalue weighted by molar-refractivity contribution is -0.136. The molecule has 6 atom stereocenters. The summed E-state index contributed by atoms with van der Waals surface area (Å²) in [5.74, 6) is 1.59. The first-order valence-electron chi connectivity index (χ1n) is 11.2. The zero-order valence-electron chi connectivity index (χ0n) is 17.3. The Morgan fingerprint density at radius 2 is 1.90 bits per heavy atom. The van der Waals surface area contributed by atoms with Gasteiger partial charge in [0.15, 0.2) is 0 Å². The minimum Gasteiger partial charge on any atom is -0.341 e. The van der Waals surface area contributed by atoms with Gasteiger partial charge in [-0.05, 0) is 44.3 Å². The summed E-state index contributed by atoms with van der Waals surface area (Å²) < 4.78 is 0. The summed E-state index contributed by atoms with van der Waals surface area (Å²) in [7, 11) is 2.16. The van der Waals surface area contributed by atoms with Gasteiger partial charge in [0.05, 0.1) is 0 Å². The first-order chi connectivity index (χ1) is 14.2. The number of hydrogen-bond donors (Lipinski definition) is 4. The lowest BCUT2D eigenvalue weighted by atomic mass is 9.80. The van der Waals surface area contributed by atoms with Gasteiger partial charge in [-0.3, -0.25) is 21.1 Å². The molecule has 0 radical (unpaired) electrons. The second-order valence-corrected chi connectivity index (χ2v) is 9.34. The molecule has 7 nitrogen and oxygen atoms in total. The first-order valence-corrected chi connectivity index (χ1v) is 11.2. The molecule has 0 bridgehead atoms. The number of carbonyl (C=O) groups excluding carboxylic acids is 1. The van der Waals surface area contributed by atoms with Gasteiger partial charge in [-0.15, -0.1) is 0 Å². The second-order valence-electron chi connectivity index (χ2n) is 9.34. The maximum atomic E-state index is 13.4. The molecular formula is C22H34N6O. The Hall–Kier alpha value is -1.51. The van der Waals surface area contributed by atoms with Crippen molar-refractivity contribution < 1.29 is 4.79 Å². The molecule has 4 aliphatic heterocycles. The van der Waals surface area contributed by atoms with Crippen LogP contribution in [0, 0.1) is 11.8 Å². The molecule has 7 heteroatoms. The van der Waals surface area contributed by atoms with Crippen molar-refractivity contribution >= 4 is 5.91 Å². The van der Waals surface area contributed by atoms with Crippen molar-refractivity contribution in [2.75, 3.05) is 39.8 Å². The average molecular weight is 399 g/mol. The molecular weight excluding hydrogens is 364 g/mol. The Labute approximate surface area is 173 Å². The van der Waals surface area contributed by atoms with E-state index in [1.807, 2.05) is 0 Å². The number of likely N-dealkylation sites (tertiary alicyclic amines) is 2. The maximum Gasteiger partial charge on any atom is 0.241 e. The average Bonchev–Trinajstić information content (AvgIpc) is 3.41. The molecule has 4 saturated heterocycles. The molecule has 4 aliphatic rings. The fourth-order valence-corrected chi connectivity index (χ4v) is 5.90. The summed E-state index contributed by atoms with van der Waals surface area (Å²) in [5.41, 5.74) is 15.0. The third-order valence-corrected chi connectivity index (χ3v) is 7.51. The van der Waals surface area contributed by atoms with Crippen LogP contribution in [0.1, 0.15) is 30.7 Å². The number of nitrogens with one attached hydrogen (secondary N) is 4. The molecule has 1 aromatic rings. The van der Waals surface area contributed by atoms with Crippen LogP contribution in [0.4, 0.5) is 0 Å². The van der Waals surface area contributed by atoms with Gasteiger partial charge in [0.1, 0.15) is 6.04 Å². The molecule has 5 rings (SSSR count). The number of amides is 1. The highest BCUT2D eigenvalue weighted by atomic mass is 16.2. The van der Waals surface area contributed by atoms with E-state index in [1.165, 1.54) is 12.0 Å². The summed E-state index contributed by atoms with van der Waals surface area (Å²) >= 11 is 0. The van der Waals surface area contributed by atoms with Crippen LogP contribution in [0.25, 0.3) is 0 Å². The summed E-state index contributed by atoms with van der Waals surface area (Å²) in [6.07, 6.45) is 3.37. The highest BCUT2D eigenvalue weighted by Crippen LogP contribution is 2.32. The quantitative estimate of drug-likeness (QED) is 0.587. The van der Waals surface area contributed by atoms with E-state index in [-0.39, 0.29) is 11.9 Å². The summed E-state index contributed by atoms with van der Waals surface area (Å²) in [4.78, 5) is 17.9. The van der Waals surface area contributed by atoms with Gasteiger partial charge in [0.2, 0.25) is 5.91 Å². The third-order valence-electron chi connectivity index (χ3n) is 7.51. The molecule has 0 aliphatic carbocycles. The predicted octanol–water partition coefficient (Wildman–Crippen LogP) is 0.282. The van der Waals surface area contributed by atoms with Gasteiger partial charge < -0.3 is 9.80 Å². The third kappa shape index (κ3) is 3.82. The van der Waals surface area contributed by atoms with E-state index in [9.17, 15) is 4.79 Å². The van der Waals surface area contributed by atoms with Crippen LogP contribution in [-0.2, 0) is 4.79 Å². The lowest BCUT2D eigenvalue weighted by Gasteiger charge is -2.40. The van der Waals surface area contributed by atoms with Gasteiger partial charge >= 0.3 is 0 Å². The fourth-order valence-electron chi connectivity index (χ4n) is 5.90. The predicted molar refractivity (Wildman–Crippen MR) is 113 cm³/mol. The van der Waals surface area contributed by atoms with Gasteiger partial charge in [0.25, 0.3) is 0 Å². The normalized spacial score (nSPS) is 38.2. The van der Waals surface area contributed by atoms with Crippen molar-refractivity contribution in [2.24, 2.45) is 11.8 Å². The maximum absolute atomic E-state index is 13.4. The van der Waals surface area contributed by atoms with Gasteiger partial charge in [-0.25, -0.2) is 5.43 Å². The molecule has 0 saturated carbocycles. The molecule has 1 aromatic carbocycles. The van der Waals surface area contributed by atoms with Gasteiger partial charge in [-0.1, -0.05) is 30.3 Å². The van der Waals surface area contributed by atoms with E-state index in [4.69, 9.17) is 0 Å². The van der Waals surface area contributed by atoms with Crippen LogP contribution in [0.2, 0.25) is 0 Å². The van der Waals surface area contributed by atoms with E-state index in [2.05, 4.69) is 68.9 Å². The molecule has 29 heavy (non-hydrogen) atoms. The summed E-state index contributed by atoms with van der Waals surface area (Å²) in [5, 5.41) is 0. The molecule has 4 N–H and O–H groups in total. The van der Waals surface area contributed by atoms with Crippen molar-refractivity contribution in [1.82, 2.24) is 31.5 Å². The first kappa shape index (κ1) is 19.5. The Morgan fingerprint density at radius 1 is 1.03 bits per heavy atom. The van der Waals surface area contributed by atoms with Crippen molar-refractivity contribution in [2.45, 2.75) is 43.3 Å². The van der Waals surface area contributed by atoms with E-state index in [0.29, 0.717) is 29.8 Å². The molecule has 1 amide bonds. The van der Waals surface area contributed by atoms with Crippen molar-refractivity contribution in [1.29, 1.82) is 0 Å². The van der Waals surface area contributed by atoms with Crippen molar-refractivity contribution in [3.05, 3.63) is 35.9 Å². The Balaban J connectivity index is 1.26. The summed E-state index contributed by atoms with van der Waals surface area (Å²) in [6, 6.07) is 11.5. The molecule has 0 spiro atoms. The van der Waals surface area contributed by atoms with Crippen LogP contribution in [0.5, 0.6) is 0 Å².